The molecule has 0 aliphatic rings. The van der Waals surface area contributed by atoms with Gasteiger partial charge in [-0.15, -0.1) is 18.9 Å². The number of nitrogens with one attached hydrogen (secondary N) is 2. The summed E-state index contributed by atoms with van der Waals surface area (Å²) in [5.74, 6) is 2.48. The van der Waals surface area contributed by atoms with Gasteiger partial charge in [-0.3, -0.25) is 4.79 Å². The molecule has 0 aromatic heterocycles. The van der Waals surface area contributed by atoms with Crippen LogP contribution in [0.15, 0.2) is 83.7 Å². The summed E-state index contributed by atoms with van der Waals surface area (Å²) in [5, 5.41) is 15.0. The van der Waals surface area contributed by atoms with E-state index in [2.05, 4.69) is 101 Å². The van der Waals surface area contributed by atoms with Gasteiger partial charge in [0.15, 0.2) is 0 Å². The molecule has 5 heteroatoms. The first-order chi connectivity index (χ1) is 20.7. The Morgan fingerprint density at radius 1 is 1.14 bits per heavy atom. The van der Waals surface area contributed by atoms with Crippen molar-refractivity contribution < 1.29 is 4.79 Å². The fraction of sp³-hybridized carbons (Fsp3) is 0.462. The number of carbonyl (C=O) groups excluding carboxylic acids is 1. The van der Waals surface area contributed by atoms with Crippen molar-refractivity contribution in [2.75, 3.05) is 0 Å². The SMILES string of the molecule is C#CC.C/C=C(/C#N)N=C(C)C.C=C(C)CC(C)C=CC(=C)C(=O)N[C@@H](CCCC)c1ccc(C(C)NC(=C)CC)cc1C. The number of allylic oxidation sites excluding steroid dienone is 5. The van der Waals surface area contributed by atoms with Crippen LogP contribution in [-0.2, 0) is 4.79 Å². The Labute approximate surface area is 270 Å². The van der Waals surface area contributed by atoms with Crippen molar-refractivity contribution in [1.29, 1.82) is 5.26 Å². The number of rotatable bonds is 15. The number of benzene rings is 1. The van der Waals surface area contributed by atoms with Gasteiger partial charge in [0, 0.05) is 23.0 Å². The maximum Gasteiger partial charge on any atom is 0.251 e. The predicted octanol–water partition coefficient (Wildman–Crippen LogP) is 10.2. The lowest BCUT2D eigenvalue weighted by atomic mass is 9.93. The average Bonchev–Trinajstić information content (AvgIpc) is 2.96. The minimum atomic E-state index is -0.109. The topological polar surface area (TPSA) is 77.3 Å². The molecule has 0 fully saturated rings. The second-order valence-electron chi connectivity index (χ2n) is 11.3. The number of amides is 1. The molecule has 0 radical (unpaired) electrons. The molecule has 0 bridgehead atoms. The summed E-state index contributed by atoms with van der Waals surface area (Å²) in [7, 11) is 0. The molecule has 240 valence electrons. The summed E-state index contributed by atoms with van der Waals surface area (Å²) in [4.78, 5) is 16.8. The highest BCUT2D eigenvalue weighted by Crippen LogP contribution is 2.26. The van der Waals surface area contributed by atoms with Crippen molar-refractivity contribution in [1.82, 2.24) is 10.6 Å². The van der Waals surface area contributed by atoms with Gasteiger partial charge < -0.3 is 10.6 Å². The number of aryl methyl sites for hydroxylation is 1. The summed E-state index contributed by atoms with van der Waals surface area (Å²) in [5.41, 5.74) is 7.64. The van der Waals surface area contributed by atoms with Gasteiger partial charge in [0.25, 0.3) is 5.91 Å². The smallest absolute Gasteiger partial charge is 0.251 e. The van der Waals surface area contributed by atoms with Crippen LogP contribution in [-0.4, -0.2) is 11.6 Å². The molecule has 0 saturated heterocycles. The van der Waals surface area contributed by atoms with Gasteiger partial charge in [0.1, 0.15) is 11.8 Å². The predicted molar refractivity (Wildman–Crippen MR) is 192 cm³/mol. The highest BCUT2D eigenvalue weighted by Gasteiger charge is 2.18. The largest absolute Gasteiger partial charge is 0.382 e. The maximum atomic E-state index is 12.9. The number of terminal acetylenes is 1. The van der Waals surface area contributed by atoms with Crippen LogP contribution in [0.4, 0.5) is 0 Å². The highest BCUT2D eigenvalue weighted by molar-refractivity contribution is 5.95. The van der Waals surface area contributed by atoms with Crippen molar-refractivity contribution in [3.05, 3.63) is 95.4 Å². The monoisotopic (exact) mass is 598 g/mol. The Bertz CT molecular complexity index is 1250. The zero-order chi connectivity index (χ0) is 34.2. The van der Waals surface area contributed by atoms with E-state index in [1.54, 1.807) is 19.9 Å². The molecule has 1 rings (SSSR count). The molecule has 0 aliphatic carbocycles. The molecule has 1 aromatic carbocycles. The lowest BCUT2D eigenvalue weighted by molar-refractivity contribution is -0.117. The molecule has 0 heterocycles. The Balaban J connectivity index is 0. The van der Waals surface area contributed by atoms with Gasteiger partial charge in [0.05, 0.1) is 6.04 Å². The second kappa shape index (κ2) is 24.4. The molecule has 2 N–H and O–H groups in total. The van der Waals surface area contributed by atoms with E-state index >= 15 is 0 Å². The molecule has 3 atom stereocenters. The van der Waals surface area contributed by atoms with Crippen LogP contribution in [0.25, 0.3) is 0 Å². The average molecular weight is 599 g/mol. The maximum absolute atomic E-state index is 12.9. The Hall–Kier alpha value is -4.09. The molecule has 1 amide bonds. The van der Waals surface area contributed by atoms with Crippen LogP contribution in [0.3, 0.4) is 0 Å². The number of hydrogen-bond acceptors (Lipinski definition) is 4. The van der Waals surface area contributed by atoms with E-state index < -0.39 is 0 Å². The molecule has 0 aliphatic heterocycles. The summed E-state index contributed by atoms with van der Waals surface area (Å²) in [6, 6.07) is 8.66. The zero-order valence-corrected chi connectivity index (χ0v) is 29.2. The number of carbonyl (C=O) groups is 1. The normalized spacial score (nSPS) is 12.4. The molecule has 0 spiro atoms. The molecule has 2 unspecified atom stereocenters. The van der Waals surface area contributed by atoms with Crippen molar-refractivity contribution in [2.24, 2.45) is 10.9 Å². The van der Waals surface area contributed by atoms with Crippen LogP contribution >= 0.6 is 0 Å². The molecule has 1 aromatic rings. The first-order valence-electron chi connectivity index (χ1n) is 15.5. The van der Waals surface area contributed by atoms with Crippen LogP contribution in [0.1, 0.15) is 123 Å². The number of aliphatic imine (C=N–C) groups is 1. The van der Waals surface area contributed by atoms with Crippen LogP contribution in [0.5, 0.6) is 0 Å². The number of nitriles is 1. The summed E-state index contributed by atoms with van der Waals surface area (Å²) < 4.78 is 0. The molecular weight excluding hydrogens is 540 g/mol. The third kappa shape index (κ3) is 19.2. The van der Waals surface area contributed by atoms with Crippen molar-refractivity contribution in [3.8, 4) is 18.4 Å². The van der Waals surface area contributed by atoms with E-state index in [0.717, 1.165) is 49.1 Å². The Morgan fingerprint density at radius 2 is 1.75 bits per heavy atom. The summed E-state index contributed by atoms with van der Waals surface area (Å²) in [6.45, 7) is 31.9. The zero-order valence-electron chi connectivity index (χ0n) is 29.2. The minimum Gasteiger partial charge on any atom is -0.382 e. The molecule has 0 saturated carbocycles. The van der Waals surface area contributed by atoms with Gasteiger partial charge in [-0.25, -0.2) is 4.99 Å². The fourth-order valence-corrected chi connectivity index (χ4v) is 4.18. The lowest BCUT2D eigenvalue weighted by Gasteiger charge is -2.23. The Morgan fingerprint density at radius 3 is 2.18 bits per heavy atom. The minimum absolute atomic E-state index is 0.0247. The summed E-state index contributed by atoms with van der Waals surface area (Å²) >= 11 is 0. The van der Waals surface area contributed by atoms with Gasteiger partial charge >= 0.3 is 0 Å². The van der Waals surface area contributed by atoms with Crippen molar-refractivity contribution in [2.45, 2.75) is 113 Å². The second-order valence-corrected chi connectivity index (χ2v) is 11.3. The lowest BCUT2D eigenvalue weighted by Crippen LogP contribution is -2.29. The standard InChI is InChI=1S/C29H44N2O.C7H10N2.C3H4/c1-10-12-13-28(31-29(32)22(6)15-14-21(5)18-20(3)4)27-17-16-26(19-23(27)7)25(9)30-24(8)11-2;1-4-7(5-8)9-6(2)3;1-3-2/h14-17,19,21,25,28,30H,3,6,8,10-13,18H2,1-2,4-5,7,9H3,(H,31,32);4H,1-3H3;1H,2H3/b;7-4-;/t21?,25?,28-;;/m0../s1. The van der Waals surface area contributed by atoms with E-state index in [1.165, 1.54) is 16.7 Å². The van der Waals surface area contributed by atoms with E-state index in [4.69, 9.17) is 5.26 Å². The highest BCUT2D eigenvalue weighted by atomic mass is 16.1. The van der Waals surface area contributed by atoms with Crippen LogP contribution in [0, 0.1) is 36.5 Å². The number of nitrogens with zero attached hydrogens (tertiary/aromatic N) is 2. The third-order valence-corrected chi connectivity index (χ3v) is 6.49. The third-order valence-electron chi connectivity index (χ3n) is 6.49. The van der Waals surface area contributed by atoms with Crippen LogP contribution in [0.2, 0.25) is 0 Å². The van der Waals surface area contributed by atoms with Crippen molar-refractivity contribution >= 4 is 11.6 Å². The molecule has 5 nitrogen and oxygen atoms in total. The Kier molecular flexibility index (Phi) is 23.3. The van der Waals surface area contributed by atoms with Gasteiger partial charge in [-0.1, -0.05) is 88.8 Å². The first kappa shape index (κ1) is 42.0. The first-order valence-corrected chi connectivity index (χ1v) is 15.5. The van der Waals surface area contributed by atoms with Gasteiger partial charge in [-0.2, -0.15) is 5.26 Å². The van der Waals surface area contributed by atoms with Crippen molar-refractivity contribution in [3.63, 3.8) is 0 Å². The quantitative estimate of drug-likeness (QED) is 0.0526. The van der Waals surface area contributed by atoms with Crippen LogP contribution < -0.4 is 10.6 Å². The van der Waals surface area contributed by atoms with E-state index in [1.807, 2.05) is 39.0 Å². The summed E-state index contributed by atoms with van der Waals surface area (Å²) in [6.07, 6.45) is 15.0. The molecular formula is C39H58N4O. The van der Waals surface area contributed by atoms with Gasteiger partial charge in [-0.05, 0) is 90.3 Å². The van der Waals surface area contributed by atoms with Gasteiger partial charge in [0.2, 0.25) is 0 Å². The number of hydrogen-bond donors (Lipinski definition) is 2. The van der Waals surface area contributed by atoms with E-state index in [-0.39, 0.29) is 18.0 Å². The van der Waals surface area contributed by atoms with E-state index in [0.29, 0.717) is 17.2 Å². The van der Waals surface area contributed by atoms with E-state index in [9.17, 15) is 4.79 Å². The fourth-order valence-electron chi connectivity index (χ4n) is 4.18. The molecule has 44 heavy (non-hydrogen) atoms. The number of unbranched alkanes of at least 4 members (excludes halogenated alkanes) is 1.